The zero-order valence-electron chi connectivity index (χ0n) is 19.8. The molecule has 0 unspecified atom stereocenters. The number of ether oxygens (including phenoxy) is 1. The smallest absolute Gasteiger partial charge is 0.191 e. The maximum Gasteiger partial charge on any atom is 0.191 e. The van der Waals surface area contributed by atoms with E-state index in [1.807, 2.05) is 18.3 Å². The predicted octanol–water partition coefficient (Wildman–Crippen LogP) is 3.50. The minimum absolute atomic E-state index is 0. The average molecular weight is 565 g/mol. The van der Waals surface area contributed by atoms with Crippen molar-refractivity contribution in [1.82, 2.24) is 20.5 Å². The Labute approximate surface area is 215 Å². The lowest BCUT2D eigenvalue weighted by atomic mass is 10.2. The zero-order chi connectivity index (χ0) is 22.2. The van der Waals surface area contributed by atoms with Crippen LogP contribution in [0.5, 0.6) is 5.75 Å². The predicted molar refractivity (Wildman–Crippen MR) is 146 cm³/mol. The van der Waals surface area contributed by atoms with Crippen molar-refractivity contribution in [3.63, 3.8) is 0 Å². The van der Waals surface area contributed by atoms with Gasteiger partial charge in [-0.1, -0.05) is 18.2 Å². The van der Waals surface area contributed by atoms with Gasteiger partial charge in [-0.25, -0.2) is 9.98 Å². The van der Waals surface area contributed by atoms with Crippen molar-refractivity contribution in [3.05, 3.63) is 53.7 Å². The molecular weight excluding hydrogens is 527 g/mol. The largest absolute Gasteiger partial charge is 0.493 e. The third-order valence-corrected chi connectivity index (χ3v) is 5.99. The molecule has 1 saturated heterocycles. The summed E-state index contributed by atoms with van der Waals surface area (Å²) in [4.78, 5) is 14.1. The van der Waals surface area contributed by atoms with Gasteiger partial charge in [-0.2, -0.15) is 0 Å². The summed E-state index contributed by atoms with van der Waals surface area (Å²) in [6, 6.07) is 12.5. The molecule has 7 nitrogen and oxygen atoms in total. The molecule has 8 heteroatoms. The number of para-hydroxylation sites is 1. The number of pyridine rings is 1. The molecule has 0 bridgehead atoms. The van der Waals surface area contributed by atoms with Crippen LogP contribution in [0.1, 0.15) is 30.9 Å². The van der Waals surface area contributed by atoms with Crippen molar-refractivity contribution in [2.24, 2.45) is 10.9 Å². The molecule has 1 aliphatic carbocycles. The minimum atomic E-state index is 0. The lowest BCUT2D eigenvalue weighted by Gasteiger charge is -2.33. The molecule has 2 aromatic rings. The molecule has 1 aliphatic heterocycles. The fourth-order valence-corrected chi connectivity index (χ4v) is 3.74. The van der Waals surface area contributed by atoms with E-state index in [-0.39, 0.29) is 24.0 Å². The molecule has 4 rings (SSSR count). The molecule has 1 aromatic heterocycles. The molecule has 0 amide bonds. The highest BCUT2D eigenvalue weighted by Gasteiger charge is 2.22. The number of piperazine rings is 1. The topological polar surface area (TPSA) is 65.0 Å². The molecule has 0 spiro atoms. The van der Waals surface area contributed by atoms with Crippen LogP contribution in [0.2, 0.25) is 0 Å². The Morgan fingerprint density at radius 3 is 2.67 bits per heavy atom. The van der Waals surface area contributed by atoms with Crippen molar-refractivity contribution in [3.8, 4) is 5.75 Å². The van der Waals surface area contributed by atoms with E-state index >= 15 is 0 Å². The molecular formula is C25H37IN6O. The van der Waals surface area contributed by atoms with Crippen LogP contribution in [-0.4, -0.2) is 62.2 Å². The number of hydrogen-bond donors (Lipinski definition) is 2. The van der Waals surface area contributed by atoms with E-state index in [4.69, 9.17) is 9.73 Å². The van der Waals surface area contributed by atoms with Crippen LogP contribution >= 0.6 is 24.0 Å². The Hall–Kier alpha value is -2.07. The van der Waals surface area contributed by atoms with Crippen molar-refractivity contribution >= 4 is 35.8 Å². The lowest BCUT2D eigenvalue weighted by molar-refractivity contribution is 0.296. The standard InChI is InChI=1S/C25H36N6O.HI/c1-3-26-25(29-18-22-6-4-5-7-23(22)32-19-20-8-9-20)28-17-21-10-11-27-24(16-21)31-14-12-30(2)13-15-31;/h4-7,10-11,16,20H,3,8-9,12-15,17-19H2,1-2H3,(H2,26,28,29);1H. The van der Waals surface area contributed by atoms with Crippen LogP contribution < -0.4 is 20.3 Å². The fraction of sp³-hybridized carbons (Fsp3) is 0.520. The number of nitrogens with zero attached hydrogens (tertiary/aromatic N) is 4. The number of nitrogens with one attached hydrogen (secondary N) is 2. The summed E-state index contributed by atoms with van der Waals surface area (Å²) < 4.78 is 6.05. The molecule has 0 radical (unpaired) electrons. The first-order valence-electron chi connectivity index (χ1n) is 11.8. The van der Waals surface area contributed by atoms with Crippen molar-refractivity contribution in [2.45, 2.75) is 32.9 Å². The van der Waals surface area contributed by atoms with Crippen LogP contribution in [0.4, 0.5) is 5.82 Å². The second kappa shape index (κ2) is 13.0. The Balaban J connectivity index is 0.00000306. The summed E-state index contributed by atoms with van der Waals surface area (Å²) in [6.45, 7) is 9.19. The summed E-state index contributed by atoms with van der Waals surface area (Å²) >= 11 is 0. The molecule has 2 fully saturated rings. The van der Waals surface area contributed by atoms with E-state index < -0.39 is 0 Å². The Morgan fingerprint density at radius 2 is 1.91 bits per heavy atom. The molecule has 33 heavy (non-hydrogen) atoms. The zero-order valence-corrected chi connectivity index (χ0v) is 22.1. The number of rotatable bonds is 9. The van der Waals surface area contributed by atoms with Gasteiger partial charge in [0.1, 0.15) is 11.6 Å². The summed E-state index contributed by atoms with van der Waals surface area (Å²) in [5, 5.41) is 6.81. The third kappa shape index (κ3) is 8.03. The van der Waals surface area contributed by atoms with Gasteiger partial charge in [-0.3, -0.25) is 0 Å². The van der Waals surface area contributed by atoms with Crippen LogP contribution in [-0.2, 0) is 13.1 Å². The maximum atomic E-state index is 6.05. The van der Waals surface area contributed by atoms with Crippen molar-refractivity contribution in [2.75, 3.05) is 51.3 Å². The number of anilines is 1. The number of hydrogen-bond acceptors (Lipinski definition) is 5. The summed E-state index contributed by atoms with van der Waals surface area (Å²) in [5.41, 5.74) is 2.32. The molecule has 180 valence electrons. The highest BCUT2D eigenvalue weighted by atomic mass is 127. The minimum Gasteiger partial charge on any atom is -0.493 e. The second-order valence-electron chi connectivity index (χ2n) is 8.72. The van der Waals surface area contributed by atoms with E-state index in [2.05, 4.69) is 63.7 Å². The summed E-state index contributed by atoms with van der Waals surface area (Å²) in [5.74, 6) is 3.56. The third-order valence-electron chi connectivity index (χ3n) is 5.99. The van der Waals surface area contributed by atoms with E-state index in [1.165, 1.54) is 18.4 Å². The molecule has 1 saturated carbocycles. The number of aliphatic imine (C=N–C) groups is 1. The van der Waals surface area contributed by atoms with Crippen molar-refractivity contribution in [1.29, 1.82) is 0 Å². The Bertz CT molecular complexity index is 896. The number of halogens is 1. The number of guanidine groups is 1. The average Bonchev–Trinajstić information content (AvgIpc) is 3.65. The highest BCUT2D eigenvalue weighted by Crippen LogP contribution is 2.30. The van der Waals surface area contributed by atoms with E-state index in [0.717, 1.165) is 68.3 Å². The maximum absolute atomic E-state index is 6.05. The van der Waals surface area contributed by atoms with Crippen LogP contribution in [0, 0.1) is 5.92 Å². The van der Waals surface area contributed by atoms with Gasteiger partial charge in [0.2, 0.25) is 0 Å². The van der Waals surface area contributed by atoms with Gasteiger partial charge >= 0.3 is 0 Å². The number of aromatic nitrogens is 1. The van der Waals surface area contributed by atoms with E-state index in [9.17, 15) is 0 Å². The molecule has 1 aromatic carbocycles. The van der Waals surface area contributed by atoms with Gasteiger partial charge in [-0.15, -0.1) is 24.0 Å². The normalized spacial score (nSPS) is 16.8. The first kappa shape index (κ1) is 25.6. The van der Waals surface area contributed by atoms with Gasteiger partial charge < -0.3 is 25.2 Å². The lowest BCUT2D eigenvalue weighted by Crippen LogP contribution is -2.44. The monoisotopic (exact) mass is 564 g/mol. The van der Waals surface area contributed by atoms with E-state index in [0.29, 0.717) is 13.1 Å². The van der Waals surface area contributed by atoms with E-state index in [1.54, 1.807) is 0 Å². The van der Waals surface area contributed by atoms with Gasteiger partial charge in [0, 0.05) is 51.0 Å². The molecule has 2 aliphatic rings. The first-order valence-corrected chi connectivity index (χ1v) is 11.8. The summed E-state index contributed by atoms with van der Waals surface area (Å²) in [6.07, 6.45) is 4.48. The van der Waals surface area contributed by atoms with Gasteiger partial charge in [0.15, 0.2) is 5.96 Å². The van der Waals surface area contributed by atoms with Gasteiger partial charge in [0.25, 0.3) is 0 Å². The Morgan fingerprint density at radius 1 is 1.12 bits per heavy atom. The quantitative estimate of drug-likeness (QED) is 0.276. The number of likely N-dealkylation sites (N-methyl/N-ethyl adjacent to an activating group) is 1. The van der Waals surface area contributed by atoms with Gasteiger partial charge in [-0.05, 0) is 56.5 Å². The highest BCUT2D eigenvalue weighted by molar-refractivity contribution is 14.0. The SMILES string of the molecule is CCNC(=NCc1ccnc(N2CCN(C)CC2)c1)NCc1ccccc1OCC1CC1.I. The van der Waals surface area contributed by atoms with Crippen molar-refractivity contribution < 1.29 is 4.74 Å². The van der Waals surface area contributed by atoms with Crippen LogP contribution in [0.3, 0.4) is 0 Å². The fourth-order valence-electron chi connectivity index (χ4n) is 3.74. The summed E-state index contributed by atoms with van der Waals surface area (Å²) in [7, 11) is 2.17. The first-order chi connectivity index (χ1) is 15.7. The molecule has 2 N–H and O–H groups in total. The molecule has 2 heterocycles. The van der Waals surface area contributed by atoms with Crippen LogP contribution in [0.15, 0.2) is 47.6 Å². The Kier molecular flexibility index (Phi) is 10.1. The second-order valence-corrected chi connectivity index (χ2v) is 8.72. The van der Waals surface area contributed by atoms with Crippen LogP contribution in [0.25, 0.3) is 0 Å². The number of benzene rings is 1. The van der Waals surface area contributed by atoms with Gasteiger partial charge in [0.05, 0.1) is 13.2 Å². The molecule has 0 atom stereocenters.